The van der Waals surface area contributed by atoms with E-state index in [4.69, 9.17) is 27.6 Å². The predicted molar refractivity (Wildman–Crippen MR) is 101 cm³/mol. The zero-order chi connectivity index (χ0) is 18.5. The van der Waals surface area contributed by atoms with E-state index in [2.05, 4.69) is 15.1 Å². The fourth-order valence-electron chi connectivity index (χ4n) is 2.80. The van der Waals surface area contributed by atoms with Crippen molar-refractivity contribution in [3.63, 3.8) is 0 Å². The molecule has 1 amide bonds. The van der Waals surface area contributed by atoms with E-state index in [0.717, 1.165) is 26.2 Å². The van der Waals surface area contributed by atoms with Gasteiger partial charge in [0.1, 0.15) is 0 Å². The van der Waals surface area contributed by atoms with Crippen molar-refractivity contribution in [2.45, 2.75) is 0 Å². The second kappa shape index (κ2) is 8.68. The highest BCUT2D eigenvalue weighted by Crippen LogP contribution is 2.24. The van der Waals surface area contributed by atoms with Crippen molar-refractivity contribution in [3.05, 3.63) is 52.4 Å². The number of rotatable bonds is 6. The minimum atomic E-state index is -0.108. The molecule has 6 nitrogen and oxygen atoms in total. The summed E-state index contributed by atoms with van der Waals surface area (Å²) < 4.78 is 5.13. The normalized spacial score (nSPS) is 15.8. The molecule has 1 aliphatic heterocycles. The summed E-state index contributed by atoms with van der Waals surface area (Å²) in [5.41, 5.74) is 0.618. The maximum absolute atomic E-state index is 12.2. The Morgan fingerprint density at radius 3 is 2.31 bits per heavy atom. The number of furan rings is 1. The van der Waals surface area contributed by atoms with E-state index in [1.807, 2.05) is 0 Å². The largest absolute Gasteiger partial charge is 0.461 e. The van der Waals surface area contributed by atoms with E-state index in [1.165, 1.54) is 6.26 Å². The lowest BCUT2D eigenvalue weighted by molar-refractivity contribution is -0.117. The first kappa shape index (κ1) is 18.9. The van der Waals surface area contributed by atoms with E-state index in [-0.39, 0.29) is 11.7 Å². The SMILES string of the molecule is O=C(CN1CCN(CC(=O)c2ccco2)CC1)Nc1ccc(Cl)c(Cl)c1. The van der Waals surface area contributed by atoms with Gasteiger partial charge in [0.2, 0.25) is 11.7 Å². The molecule has 1 aromatic heterocycles. The first-order chi connectivity index (χ1) is 12.5. The van der Waals surface area contributed by atoms with Crippen LogP contribution in [0.4, 0.5) is 5.69 Å². The molecule has 0 atom stereocenters. The van der Waals surface area contributed by atoms with Crippen LogP contribution in [-0.4, -0.2) is 60.8 Å². The molecular weight excluding hydrogens is 377 g/mol. The summed E-state index contributed by atoms with van der Waals surface area (Å²) >= 11 is 11.8. The number of Topliss-reactive ketones (excluding diaryl/α,β-unsaturated/α-hetero) is 1. The number of amides is 1. The molecule has 1 aliphatic rings. The van der Waals surface area contributed by atoms with Crippen LogP contribution in [-0.2, 0) is 4.79 Å². The van der Waals surface area contributed by atoms with E-state index >= 15 is 0 Å². The first-order valence-corrected chi connectivity index (χ1v) is 9.03. The number of nitrogens with zero attached hydrogens (tertiary/aromatic N) is 2. The van der Waals surface area contributed by atoms with E-state index < -0.39 is 0 Å². The van der Waals surface area contributed by atoms with Crippen LogP contribution < -0.4 is 5.32 Å². The van der Waals surface area contributed by atoms with Gasteiger partial charge in [0.25, 0.3) is 0 Å². The number of anilines is 1. The number of benzene rings is 1. The summed E-state index contributed by atoms with van der Waals surface area (Å²) in [6.45, 7) is 3.52. The van der Waals surface area contributed by atoms with Crippen LogP contribution >= 0.6 is 23.2 Å². The quantitative estimate of drug-likeness (QED) is 0.761. The number of carbonyl (C=O) groups excluding carboxylic acids is 2. The Kier molecular flexibility index (Phi) is 6.32. The van der Waals surface area contributed by atoms with Gasteiger partial charge in [0.05, 0.1) is 29.4 Å². The minimum absolute atomic E-state index is 0.0270. The molecule has 0 aliphatic carbocycles. The van der Waals surface area contributed by atoms with Gasteiger partial charge in [-0.15, -0.1) is 0 Å². The Balaban J connectivity index is 1.42. The standard InChI is InChI=1S/C18H19Cl2N3O3/c19-14-4-3-13(10-15(14)20)21-18(25)12-23-7-5-22(6-8-23)11-16(24)17-2-1-9-26-17/h1-4,9-10H,5-8,11-12H2,(H,21,25). The monoisotopic (exact) mass is 395 g/mol. The van der Waals surface area contributed by atoms with Gasteiger partial charge in [0.15, 0.2) is 5.76 Å². The zero-order valence-electron chi connectivity index (χ0n) is 14.1. The second-order valence-electron chi connectivity index (χ2n) is 6.13. The summed E-state index contributed by atoms with van der Waals surface area (Å²) in [5, 5.41) is 3.67. The molecule has 2 aromatic rings. The lowest BCUT2D eigenvalue weighted by atomic mass is 10.2. The maximum Gasteiger partial charge on any atom is 0.238 e. The summed E-state index contributed by atoms with van der Waals surface area (Å²) in [6.07, 6.45) is 1.50. The highest BCUT2D eigenvalue weighted by atomic mass is 35.5. The van der Waals surface area contributed by atoms with Crippen molar-refractivity contribution in [3.8, 4) is 0 Å². The van der Waals surface area contributed by atoms with Crippen LogP contribution in [0.5, 0.6) is 0 Å². The molecule has 138 valence electrons. The Hall–Kier alpha value is -1.86. The molecule has 0 saturated carbocycles. The van der Waals surface area contributed by atoms with Gasteiger partial charge < -0.3 is 9.73 Å². The molecule has 1 N–H and O–H groups in total. The summed E-state index contributed by atoms with van der Waals surface area (Å²) in [5.74, 6) is 0.248. The third-order valence-electron chi connectivity index (χ3n) is 4.20. The Morgan fingerprint density at radius 2 is 1.69 bits per heavy atom. The predicted octanol–water partition coefficient (Wildman–Crippen LogP) is 3.03. The molecule has 0 spiro atoms. The van der Waals surface area contributed by atoms with Crippen LogP contribution in [0.1, 0.15) is 10.6 Å². The van der Waals surface area contributed by atoms with E-state index in [1.54, 1.807) is 30.3 Å². The number of piperazine rings is 1. The van der Waals surface area contributed by atoms with Gasteiger partial charge >= 0.3 is 0 Å². The molecule has 1 saturated heterocycles. The molecule has 0 radical (unpaired) electrons. The molecule has 1 aromatic carbocycles. The van der Waals surface area contributed by atoms with Gasteiger partial charge in [0, 0.05) is 31.9 Å². The van der Waals surface area contributed by atoms with Crippen LogP contribution in [0.25, 0.3) is 0 Å². The molecule has 26 heavy (non-hydrogen) atoms. The highest BCUT2D eigenvalue weighted by molar-refractivity contribution is 6.42. The molecule has 1 fully saturated rings. The number of hydrogen-bond donors (Lipinski definition) is 1. The topological polar surface area (TPSA) is 65.8 Å². The smallest absolute Gasteiger partial charge is 0.238 e. The molecule has 8 heteroatoms. The van der Waals surface area contributed by atoms with Gasteiger partial charge in [-0.2, -0.15) is 0 Å². The van der Waals surface area contributed by atoms with E-state index in [9.17, 15) is 9.59 Å². The van der Waals surface area contributed by atoms with Gasteiger partial charge in [-0.1, -0.05) is 23.2 Å². The number of carbonyl (C=O) groups is 2. The van der Waals surface area contributed by atoms with Crippen molar-refractivity contribution >= 4 is 40.6 Å². The van der Waals surface area contributed by atoms with E-state index in [0.29, 0.717) is 34.6 Å². The maximum atomic E-state index is 12.2. The lowest BCUT2D eigenvalue weighted by Crippen LogP contribution is -2.49. The second-order valence-corrected chi connectivity index (χ2v) is 6.94. The summed E-state index contributed by atoms with van der Waals surface area (Å²) in [6, 6.07) is 8.36. The van der Waals surface area contributed by atoms with Crippen LogP contribution in [0.15, 0.2) is 41.0 Å². The van der Waals surface area contributed by atoms with Crippen LogP contribution in [0.2, 0.25) is 10.0 Å². The van der Waals surface area contributed by atoms with Crippen molar-refractivity contribution in [1.29, 1.82) is 0 Å². The number of halogens is 2. The first-order valence-electron chi connectivity index (χ1n) is 8.27. The molecule has 3 rings (SSSR count). The minimum Gasteiger partial charge on any atom is -0.461 e. The molecule has 2 heterocycles. The lowest BCUT2D eigenvalue weighted by Gasteiger charge is -2.33. The Labute approximate surface area is 161 Å². The Bertz CT molecular complexity index is 772. The molecule has 0 bridgehead atoms. The zero-order valence-corrected chi connectivity index (χ0v) is 15.6. The third kappa shape index (κ3) is 5.08. The van der Waals surface area contributed by atoms with Gasteiger partial charge in [-0.05, 0) is 30.3 Å². The summed E-state index contributed by atoms with van der Waals surface area (Å²) in [4.78, 5) is 28.4. The van der Waals surface area contributed by atoms with Crippen molar-refractivity contribution in [1.82, 2.24) is 9.80 Å². The fraction of sp³-hybridized carbons (Fsp3) is 0.333. The Morgan fingerprint density at radius 1 is 1.00 bits per heavy atom. The number of hydrogen-bond acceptors (Lipinski definition) is 5. The average Bonchev–Trinajstić information content (AvgIpc) is 3.15. The summed E-state index contributed by atoms with van der Waals surface area (Å²) in [7, 11) is 0. The molecular formula is C18H19Cl2N3O3. The number of ketones is 1. The van der Waals surface area contributed by atoms with Gasteiger partial charge in [-0.25, -0.2) is 0 Å². The van der Waals surface area contributed by atoms with Gasteiger partial charge in [-0.3, -0.25) is 19.4 Å². The fourth-order valence-corrected chi connectivity index (χ4v) is 3.10. The highest BCUT2D eigenvalue weighted by Gasteiger charge is 2.22. The van der Waals surface area contributed by atoms with Crippen LogP contribution in [0.3, 0.4) is 0 Å². The molecule has 0 unspecified atom stereocenters. The number of nitrogens with one attached hydrogen (secondary N) is 1. The average molecular weight is 396 g/mol. The van der Waals surface area contributed by atoms with Crippen molar-refractivity contribution in [2.75, 3.05) is 44.6 Å². The van der Waals surface area contributed by atoms with Crippen LogP contribution in [0, 0.1) is 0 Å². The third-order valence-corrected chi connectivity index (χ3v) is 4.94. The van der Waals surface area contributed by atoms with Crippen molar-refractivity contribution in [2.24, 2.45) is 0 Å². The van der Waals surface area contributed by atoms with Crippen molar-refractivity contribution < 1.29 is 14.0 Å².